The summed E-state index contributed by atoms with van der Waals surface area (Å²) in [7, 11) is 0. The minimum Gasteiger partial charge on any atom is -0.386 e. The van der Waals surface area contributed by atoms with Gasteiger partial charge in [-0.25, -0.2) is 9.97 Å². The van der Waals surface area contributed by atoms with E-state index in [2.05, 4.69) is 49.8 Å². The van der Waals surface area contributed by atoms with Gasteiger partial charge in [0.1, 0.15) is 17.6 Å². The van der Waals surface area contributed by atoms with E-state index in [1.807, 2.05) is 50.5 Å². The van der Waals surface area contributed by atoms with E-state index in [1.54, 1.807) is 6.07 Å². The van der Waals surface area contributed by atoms with E-state index < -0.39 is 5.60 Å². The first-order valence-electron chi connectivity index (χ1n) is 13.8. The second kappa shape index (κ2) is 11.5. The Morgan fingerprint density at radius 2 is 1.79 bits per heavy atom. The smallest absolute Gasteiger partial charge is 0.140 e. The Hall–Kier alpha value is -3.47. The van der Waals surface area contributed by atoms with Gasteiger partial charge in [0.2, 0.25) is 0 Å². The van der Waals surface area contributed by atoms with Crippen molar-refractivity contribution in [3.05, 3.63) is 72.2 Å². The van der Waals surface area contributed by atoms with Crippen LogP contribution < -0.4 is 15.5 Å². The van der Waals surface area contributed by atoms with Gasteiger partial charge in [-0.2, -0.15) is 5.26 Å². The van der Waals surface area contributed by atoms with Gasteiger partial charge < -0.3 is 20.6 Å². The first-order chi connectivity index (χ1) is 18.4. The Labute approximate surface area is 225 Å². The van der Waals surface area contributed by atoms with Crippen molar-refractivity contribution in [3.8, 4) is 17.2 Å². The molecule has 1 saturated carbocycles. The summed E-state index contributed by atoms with van der Waals surface area (Å²) in [5.41, 5.74) is 3.73. The third kappa shape index (κ3) is 6.32. The molecule has 0 radical (unpaired) electrons. The van der Waals surface area contributed by atoms with E-state index in [0.717, 1.165) is 67.0 Å². The average molecular weight is 511 g/mol. The monoisotopic (exact) mass is 510 g/mol. The number of nitriles is 1. The number of piperidine rings is 1. The van der Waals surface area contributed by atoms with E-state index in [1.165, 1.54) is 12.8 Å². The Kier molecular flexibility index (Phi) is 7.92. The van der Waals surface area contributed by atoms with Gasteiger partial charge in [-0.15, -0.1) is 0 Å². The van der Waals surface area contributed by atoms with E-state index in [0.29, 0.717) is 23.8 Å². The molecule has 0 spiro atoms. The predicted octanol–water partition coefficient (Wildman–Crippen LogP) is 5.22. The normalized spacial score (nSPS) is 22.1. The summed E-state index contributed by atoms with van der Waals surface area (Å²) in [6.07, 6.45) is 10.7. The average Bonchev–Trinajstić information content (AvgIpc) is 2.94. The number of aliphatic hydroxyl groups is 1. The molecule has 2 fully saturated rings. The number of aromatic nitrogens is 2. The van der Waals surface area contributed by atoms with Crippen LogP contribution in [0.4, 0.5) is 11.5 Å². The maximum absolute atomic E-state index is 10.4. The molecule has 1 aromatic carbocycles. The summed E-state index contributed by atoms with van der Waals surface area (Å²) >= 11 is 0. The van der Waals surface area contributed by atoms with Crippen molar-refractivity contribution in [2.24, 2.45) is 0 Å². The van der Waals surface area contributed by atoms with Crippen LogP contribution in [0.1, 0.15) is 63.6 Å². The van der Waals surface area contributed by atoms with E-state index in [-0.39, 0.29) is 0 Å². The highest BCUT2D eigenvalue weighted by Crippen LogP contribution is 2.29. The number of nitrogens with zero attached hydrogens (tertiary/aromatic N) is 4. The molecule has 3 atom stereocenters. The van der Waals surface area contributed by atoms with Crippen molar-refractivity contribution < 1.29 is 5.11 Å². The lowest BCUT2D eigenvalue weighted by Crippen LogP contribution is -2.55. The molecule has 1 aliphatic heterocycles. The van der Waals surface area contributed by atoms with Gasteiger partial charge in [-0.05, 0) is 86.6 Å². The Balaban J connectivity index is 1.25. The van der Waals surface area contributed by atoms with Crippen LogP contribution in [0.5, 0.6) is 0 Å². The maximum Gasteiger partial charge on any atom is 0.140 e. The molecule has 7 nitrogen and oxygen atoms in total. The Morgan fingerprint density at radius 1 is 0.974 bits per heavy atom. The van der Waals surface area contributed by atoms with E-state index in [4.69, 9.17) is 5.26 Å². The SMILES string of the molecule is CC(C)(O)c1cccc(-c2ccnc(N[C@@H]3CCCC[C@H]3N[C@H]3CCCN(c4ccc(C#N)nc4)C3)c2)c1. The lowest BCUT2D eigenvalue weighted by atomic mass is 9.89. The van der Waals surface area contributed by atoms with E-state index >= 15 is 0 Å². The molecule has 0 unspecified atom stereocenters. The third-order valence-electron chi connectivity index (χ3n) is 7.86. The van der Waals surface area contributed by atoms with Crippen molar-refractivity contribution in [2.75, 3.05) is 23.3 Å². The van der Waals surface area contributed by atoms with Crippen molar-refractivity contribution in [3.63, 3.8) is 0 Å². The Morgan fingerprint density at radius 3 is 2.55 bits per heavy atom. The summed E-state index contributed by atoms with van der Waals surface area (Å²) in [5, 5.41) is 27.2. The fraction of sp³-hybridized carbons (Fsp3) is 0.452. The molecule has 2 aliphatic rings. The molecule has 38 heavy (non-hydrogen) atoms. The number of pyridine rings is 2. The number of hydrogen-bond donors (Lipinski definition) is 3. The van der Waals surface area contributed by atoms with Crippen LogP contribution in [0.3, 0.4) is 0 Å². The summed E-state index contributed by atoms with van der Waals surface area (Å²) in [5.74, 6) is 0.892. The molecule has 1 aliphatic carbocycles. The van der Waals surface area contributed by atoms with Gasteiger partial charge in [-0.1, -0.05) is 31.0 Å². The number of rotatable bonds is 7. The van der Waals surface area contributed by atoms with Crippen molar-refractivity contribution in [1.29, 1.82) is 5.26 Å². The van der Waals surface area contributed by atoms with Crippen LogP contribution in [0.15, 0.2) is 60.9 Å². The largest absolute Gasteiger partial charge is 0.386 e. The molecule has 5 rings (SSSR count). The molecule has 0 bridgehead atoms. The van der Waals surface area contributed by atoms with Gasteiger partial charge in [0.05, 0.1) is 17.5 Å². The second-order valence-electron chi connectivity index (χ2n) is 11.2. The number of hydrogen-bond acceptors (Lipinski definition) is 7. The fourth-order valence-corrected chi connectivity index (χ4v) is 5.75. The molecule has 3 heterocycles. The fourth-order valence-electron chi connectivity index (χ4n) is 5.75. The van der Waals surface area contributed by atoms with Gasteiger partial charge in [-0.3, -0.25) is 0 Å². The zero-order valence-electron chi connectivity index (χ0n) is 22.4. The lowest BCUT2D eigenvalue weighted by molar-refractivity contribution is 0.0786. The van der Waals surface area contributed by atoms with Gasteiger partial charge >= 0.3 is 0 Å². The lowest BCUT2D eigenvalue weighted by Gasteiger charge is -2.40. The highest BCUT2D eigenvalue weighted by molar-refractivity contribution is 5.67. The predicted molar refractivity (Wildman–Crippen MR) is 152 cm³/mol. The highest BCUT2D eigenvalue weighted by Gasteiger charge is 2.29. The highest BCUT2D eigenvalue weighted by atomic mass is 16.3. The molecule has 3 N–H and O–H groups in total. The summed E-state index contributed by atoms with van der Waals surface area (Å²) < 4.78 is 0. The van der Waals surface area contributed by atoms with E-state index in [9.17, 15) is 5.11 Å². The molecule has 0 amide bonds. The minimum absolute atomic E-state index is 0.321. The molecule has 7 heteroatoms. The van der Waals surface area contributed by atoms with Crippen LogP contribution in [0.25, 0.3) is 11.1 Å². The van der Waals surface area contributed by atoms with Gasteiger partial charge in [0, 0.05) is 37.4 Å². The zero-order chi connectivity index (χ0) is 26.5. The first kappa shape index (κ1) is 26.1. The van der Waals surface area contributed by atoms with Crippen molar-refractivity contribution in [1.82, 2.24) is 15.3 Å². The zero-order valence-corrected chi connectivity index (χ0v) is 22.4. The molecular weight excluding hydrogens is 472 g/mol. The Bertz CT molecular complexity index is 1260. The summed E-state index contributed by atoms with van der Waals surface area (Å²) in [4.78, 5) is 11.3. The van der Waals surface area contributed by atoms with Crippen LogP contribution in [0.2, 0.25) is 0 Å². The first-order valence-corrected chi connectivity index (χ1v) is 13.8. The molecule has 1 saturated heterocycles. The van der Waals surface area contributed by atoms with Gasteiger partial charge in [0.25, 0.3) is 0 Å². The van der Waals surface area contributed by atoms with Crippen molar-refractivity contribution >= 4 is 11.5 Å². The van der Waals surface area contributed by atoms with Gasteiger partial charge in [0.15, 0.2) is 0 Å². The maximum atomic E-state index is 10.4. The third-order valence-corrected chi connectivity index (χ3v) is 7.86. The van der Waals surface area contributed by atoms with Crippen LogP contribution >= 0.6 is 0 Å². The second-order valence-corrected chi connectivity index (χ2v) is 11.2. The summed E-state index contributed by atoms with van der Waals surface area (Å²) in [6, 6.07) is 19.3. The molecule has 198 valence electrons. The number of nitrogens with one attached hydrogen (secondary N) is 2. The molecule has 3 aromatic rings. The van der Waals surface area contributed by atoms with Crippen LogP contribution in [0, 0.1) is 11.3 Å². The number of anilines is 2. The molecular formula is C31H38N6O. The van der Waals surface area contributed by atoms with Crippen LogP contribution in [-0.2, 0) is 5.60 Å². The minimum atomic E-state index is -0.879. The summed E-state index contributed by atoms with van der Waals surface area (Å²) in [6.45, 7) is 5.59. The van der Waals surface area contributed by atoms with Crippen molar-refractivity contribution in [2.45, 2.75) is 76.1 Å². The topological polar surface area (TPSA) is 97.1 Å². The molecule has 2 aromatic heterocycles. The standard InChI is InChI=1S/C31H38N6O/c1-31(2,38)24-8-5-7-22(17-24)23-14-15-33-30(18-23)36-29-11-4-3-10-28(29)35-26-9-6-16-37(21-26)27-13-12-25(19-32)34-20-27/h5,7-8,12-15,17-18,20,26,28-29,35,38H,3-4,6,9-11,16,21H2,1-2H3,(H,33,36)/t26-,28+,29+/m0/s1. The number of benzene rings is 1. The quantitative estimate of drug-likeness (QED) is 0.401. The van der Waals surface area contributed by atoms with Crippen LogP contribution in [-0.4, -0.2) is 46.3 Å².